The number of sulfonamides is 1. The highest BCUT2D eigenvalue weighted by molar-refractivity contribution is 14.0. The quantitative estimate of drug-likeness (QED) is 0.159. The molecule has 28 heavy (non-hydrogen) atoms. The number of halogens is 4. The molecule has 0 aliphatic carbocycles. The number of methoxy groups -OCH3 is 1. The Bertz CT molecular complexity index is 609. The Labute approximate surface area is 180 Å². The number of guanidine groups is 1. The van der Waals surface area contributed by atoms with Crippen molar-refractivity contribution in [3.05, 3.63) is 0 Å². The molecule has 0 bridgehead atoms. The van der Waals surface area contributed by atoms with E-state index in [-0.39, 0.29) is 49.0 Å². The van der Waals surface area contributed by atoms with Crippen molar-refractivity contribution in [1.29, 1.82) is 0 Å². The smallest absolute Gasteiger partial charge is 0.469 e. The lowest BCUT2D eigenvalue weighted by molar-refractivity contribution is -0.140. The summed E-state index contributed by atoms with van der Waals surface area (Å²) < 4.78 is 65.5. The van der Waals surface area contributed by atoms with Gasteiger partial charge in [-0.15, -0.1) is 24.0 Å². The van der Waals surface area contributed by atoms with Crippen LogP contribution in [0, 0.1) is 5.92 Å². The minimum atomic E-state index is -5.25. The fraction of sp³-hybridized carbons (Fsp3) is 0.867. The number of nitrogens with zero attached hydrogens (tertiary/aromatic N) is 2. The van der Waals surface area contributed by atoms with Gasteiger partial charge in [-0.3, -0.25) is 9.79 Å². The van der Waals surface area contributed by atoms with E-state index >= 15 is 0 Å². The standard InChI is InChI=1S/C15H27F3N4O4S.HI/c1-19-14(20-8-4-3-5-13(23)26-2)21-11-12-6-9-22(10-7-12)27(24,25)15(16,17)18;/h12H,3-11H2,1-2H3,(H2,19,20,21);1H. The second-order valence-electron chi connectivity index (χ2n) is 6.21. The van der Waals surface area contributed by atoms with E-state index in [4.69, 9.17) is 0 Å². The van der Waals surface area contributed by atoms with Crippen molar-refractivity contribution in [3.8, 4) is 0 Å². The maximum atomic E-state index is 12.6. The molecule has 166 valence electrons. The molecule has 0 aromatic carbocycles. The molecule has 1 aliphatic rings. The highest BCUT2D eigenvalue weighted by atomic mass is 127. The van der Waals surface area contributed by atoms with E-state index in [0.29, 0.717) is 49.0 Å². The fourth-order valence-electron chi connectivity index (χ4n) is 2.66. The van der Waals surface area contributed by atoms with Crippen LogP contribution in [0.5, 0.6) is 0 Å². The summed E-state index contributed by atoms with van der Waals surface area (Å²) in [5, 5.41) is 6.18. The third kappa shape index (κ3) is 8.68. The van der Waals surface area contributed by atoms with Crippen LogP contribution in [-0.4, -0.2) is 70.5 Å². The molecule has 0 aromatic heterocycles. The molecule has 1 rings (SSSR count). The summed E-state index contributed by atoms with van der Waals surface area (Å²) in [4.78, 5) is 15.1. The Morgan fingerprint density at radius 2 is 1.82 bits per heavy atom. The molecular formula is C15H28F3IN4O4S. The van der Waals surface area contributed by atoms with Crippen molar-refractivity contribution >= 4 is 45.9 Å². The number of carbonyl (C=O) groups is 1. The number of rotatable bonds is 8. The Kier molecular flexibility index (Phi) is 12.3. The lowest BCUT2D eigenvalue weighted by Gasteiger charge is -2.31. The summed E-state index contributed by atoms with van der Waals surface area (Å²) in [5.74, 6) is 0.359. The summed E-state index contributed by atoms with van der Waals surface area (Å²) >= 11 is 0. The Morgan fingerprint density at radius 3 is 2.32 bits per heavy atom. The number of nitrogens with one attached hydrogen (secondary N) is 2. The second-order valence-corrected chi connectivity index (χ2v) is 8.14. The van der Waals surface area contributed by atoms with Gasteiger partial charge in [-0.1, -0.05) is 0 Å². The number of esters is 1. The van der Waals surface area contributed by atoms with Gasteiger partial charge in [-0.2, -0.15) is 17.5 Å². The normalized spacial score (nSPS) is 17.0. The van der Waals surface area contributed by atoms with Gasteiger partial charge in [0.2, 0.25) is 0 Å². The zero-order valence-electron chi connectivity index (χ0n) is 15.9. The van der Waals surface area contributed by atoms with Crippen molar-refractivity contribution in [1.82, 2.24) is 14.9 Å². The summed E-state index contributed by atoms with van der Waals surface area (Å²) in [6.07, 6.45) is 2.48. The van der Waals surface area contributed by atoms with E-state index in [0.717, 1.165) is 6.42 Å². The third-order valence-electron chi connectivity index (χ3n) is 4.32. The largest absolute Gasteiger partial charge is 0.511 e. The maximum absolute atomic E-state index is 12.6. The maximum Gasteiger partial charge on any atom is 0.511 e. The van der Waals surface area contributed by atoms with Crippen molar-refractivity contribution in [3.63, 3.8) is 0 Å². The third-order valence-corrected chi connectivity index (χ3v) is 5.95. The first-order valence-electron chi connectivity index (χ1n) is 8.69. The van der Waals surface area contributed by atoms with E-state index in [1.807, 2.05) is 0 Å². The molecule has 0 spiro atoms. The molecule has 0 saturated carbocycles. The van der Waals surface area contributed by atoms with Gasteiger partial charge in [0.1, 0.15) is 0 Å². The number of ether oxygens (including phenoxy) is 1. The van der Waals surface area contributed by atoms with E-state index in [9.17, 15) is 26.4 Å². The van der Waals surface area contributed by atoms with Crippen LogP contribution in [-0.2, 0) is 19.6 Å². The highest BCUT2D eigenvalue weighted by Crippen LogP contribution is 2.30. The first-order chi connectivity index (χ1) is 12.6. The fourth-order valence-corrected chi connectivity index (χ4v) is 3.65. The average Bonchev–Trinajstić information content (AvgIpc) is 2.63. The predicted octanol–water partition coefficient (Wildman–Crippen LogP) is 1.67. The van der Waals surface area contributed by atoms with Gasteiger partial charge in [0, 0.05) is 39.6 Å². The monoisotopic (exact) mass is 544 g/mol. The van der Waals surface area contributed by atoms with Crippen LogP contribution in [0.2, 0.25) is 0 Å². The Hall–Kier alpha value is -0.830. The SMILES string of the molecule is CN=C(NCCCCC(=O)OC)NCC1CCN(S(=O)(=O)C(F)(F)F)CC1.I. The molecule has 13 heteroatoms. The van der Waals surface area contributed by atoms with Crippen LogP contribution in [0.4, 0.5) is 13.2 Å². The molecule has 0 amide bonds. The molecule has 1 heterocycles. The molecule has 1 saturated heterocycles. The van der Waals surface area contributed by atoms with Crippen LogP contribution in [0.1, 0.15) is 32.1 Å². The summed E-state index contributed by atoms with van der Waals surface area (Å²) in [6.45, 7) is 0.808. The van der Waals surface area contributed by atoms with Crippen LogP contribution in [0.3, 0.4) is 0 Å². The van der Waals surface area contributed by atoms with Gasteiger partial charge in [-0.05, 0) is 31.6 Å². The molecule has 0 unspecified atom stereocenters. The molecule has 0 atom stereocenters. The van der Waals surface area contributed by atoms with Gasteiger partial charge in [0.05, 0.1) is 7.11 Å². The first kappa shape index (κ1) is 27.2. The Morgan fingerprint density at radius 1 is 1.21 bits per heavy atom. The molecule has 0 radical (unpaired) electrons. The number of hydrogen-bond donors (Lipinski definition) is 2. The molecule has 0 aromatic rings. The summed E-state index contributed by atoms with van der Waals surface area (Å²) in [5.41, 5.74) is -5.25. The number of alkyl halides is 3. The second kappa shape index (κ2) is 12.7. The molecular weight excluding hydrogens is 516 g/mol. The zero-order valence-corrected chi connectivity index (χ0v) is 19.1. The number of piperidine rings is 1. The average molecular weight is 544 g/mol. The van der Waals surface area contributed by atoms with Crippen molar-refractivity contribution in [2.24, 2.45) is 10.9 Å². The van der Waals surface area contributed by atoms with Gasteiger partial charge < -0.3 is 15.4 Å². The number of unbranched alkanes of at least 4 members (excludes halogenated alkanes) is 1. The van der Waals surface area contributed by atoms with Crippen molar-refractivity contribution < 1.29 is 31.1 Å². The van der Waals surface area contributed by atoms with E-state index in [2.05, 4.69) is 20.4 Å². The van der Waals surface area contributed by atoms with E-state index in [1.165, 1.54) is 7.11 Å². The van der Waals surface area contributed by atoms with Gasteiger partial charge >= 0.3 is 21.5 Å². The number of hydrogen-bond acceptors (Lipinski definition) is 5. The van der Waals surface area contributed by atoms with Crippen LogP contribution >= 0.6 is 24.0 Å². The van der Waals surface area contributed by atoms with E-state index in [1.54, 1.807) is 7.05 Å². The van der Waals surface area contributed by atoms with Gasteiger partial charge in [0.25, 0.3) is 0 Å². The van der Waals surface area contributed by atoms with Crippen LogP contribution in [0.15, 0.2) is 4.99 Å². The van der Waals surface area contributed by atoms with Crippen molar-refractivity contribution in [2.75, 3.05) is 40.3 Å². The molecule has 1 aliphatic heterocycles. The minimum Gasteiger partial charge on any atom is -0.469 e. The van der Waals surface area contributed by atoms with Gasteiger partial charge in [-0.25, -0.2) is 8.42 Å². The number of carbonyl (C=O) groups excluding carboxylic acids is 1. The Balaban J connectivity index is 0.00000729. The topological polar surface area (TPSA) is 100 Å². The van der Waals surface area contributed by atoms with Crippen LogP contribution < -0.4 is 10.6 Å². The van der Waals surface area contributed by atoms with Crippen molar-refractivity contribution in [2.45, 2.75) is 37.6 Å². The van der Waals surface area contributed by atoms with Crippen LogP contribution in [0.25, 0.3) is 0 Å². The van der Waals surface area contributed by atoms with Gasteiger partial charge in [0.15, 0.2) is 5.96 Å². The highest BCUT2D eigenvalue weighted by Gasteiger charge is 2.50. The molecule has 1 fully saturated rings. The lowest BCUT2D eigenvalue weighted by Crippen LogP contribution is -2.47. The number of aliphatic imine (C=N–C) groups is 1. The first-order valence-corrected chi connectivity index (χ1v) is 10.1. The predicted molar refractivity (Wildman–Crippen MR) is 110 cm³/mol. The molecule has 2 N–H and O–H groups in total. The molecule has 8 nitrogen and oxygen atoms in total. The lowest BCUT2D eigenvalue weighted by atomic mass is 9.98. The zero-order chi connectivity index (χ0) is 20.5. The summed E-state index contributed by atoms with van der Waals surface area (Å²) in [6, 6.07) is 0. The minimum absolute atomic E-state index is 0. The van der Waals surface area contributed by atoms with E-state index < -0.39 is 15.5 Å². The summed E-state index contributed by atoms with van der Waals surface area (Å²) in [7, 11) is -2.30.